The van der Waals surface area contributed by atoms with Crippen molar-refractivity contribution in [1.82, 2.24) is 4.90 Å². The summed E-state index contributed by atoms with van der Waals surface area (Å²) in [5.41, 5.74) is 0.857. The van der Waals surface area contributed by atoms with Crippen molar-refractivity contribution < 1.29 is 9.84 Å². The van der Waals surface area contributed by atoms with Crippen molar-refractivity contribution >= 4 is 0 Å². The normalized spacial score (nSPS) is 12.2. The number of methoxy groups -OCH3 is 1. The highest BCUT2D eigenvalue weighted by Gasteiger charge is 2.19. The highest BCUT2D eigenvalue weighted by atomic mass is 16.5. The Morgan fingerprint density at radius 2 is 2.16 bits per heavy atom. The quantitative estimate of drug-likeness (QED) is 0.820. The summed E-state index contributed by atoms with van der Waals surface area (Å²) in [6.07, 6.45) is 2.18. The number of ether oxygens (including phenoxy) is 1. The zero-order valence-corrected chi connectivity index (χ0v) is 11.9. The van der Waals surface area contributed by atoms with E-state index in [0.29, 0.717) is 5.75 Å². The molecular formula is C15H22N2O2. The number of hydrogen-bond donors (Lipinski definition) is 1. The van der Waals surface area contributed by atoms with Crippen molar-refractivity contribution in [2.24, 2.45) is 0 Å². The molecule has 0 spiro atoms. The summed E-state index contributed by atoms with van der Waals surface area (Å²) in [5.74, 6) is 0.504. The van der Waals surface area contributed by atoms with Crippen molar-refractivity contribution in [3.8, 4) is 17.6 Å². The van der Waals surface area contributed by atoms with Crippen LogP contribution in [-0.4, -0.2) is 30.2 Å². The first-order valence-electron chi connectivity index (χ1n) is 6.68. The van der Waals surface area contributed by atoms with Gasteiger partial charge in [0.2, 0.25) is 0 Å². The van der Waals surface area contributed by atoms with E-state index in [1.165, 1.54) is 7.11 Å². The highest BCUT2D eigenvalue weighted by molar-refractivity contribution is 5.43. The summed E-state index contributed by atoms with van der Waals surface area (Å²) in [7, 11) is 1.51. The van der Waals surface area contributed by atoms with Gasteiger partial charge >= 0.3 is 0 Å². The molecule has 0 heterocycles. The van der Waals surface area contributed by atoms with Crippen molar-refractivity contribution in [2.75, 3.05) is 20.2 Å². The second-order valence-electron chi connectivity index (χ2n) is 4.45. The van der Waals surface area contributed by atoms with Gasteiger partial charge in [-0.05, 0) is 37.2 Å². The Morgan fingerprint density at radius 1 is 1.42 bits per heavy atom. The van der Waals surface area contributed by atoms with Crippen LogP contribution in [0, 0.1) is 11.3 Å². The van der Waals surface area contributed by atoms with E-state index in [1.54, 1.807) is 18.2 Å². The molecule has 0 aliphatic rings. The molecule has 1 unspecified atom stereocenters. The lowest BCUT2D eigenvalue weighted by Gasteiger charge is -2.26. The number of phenolic OH excluding ortho intramolecular Hbond substituents is 1. The van der Waals surface area contributed by atoms with Crippen LogP contribution in [0.1, 0.15) is 38.3 Å². The molecule has 0 aliphatic carbocycles. The van der Waals surface area contributed by atoms with Gasteiger partial charge in [0, 0.05) is 0 Å². The lowest BCUT2D eigenvalue weighted by Crippen LogP contribution is -2.28. The first-order chi connectivity index (χ1) is 9.17. The van der Waals surface area contributed by atoms with Crippen molar-refractivity contribution in [3.05, 3.63) is 23.8 Å². The molecule has 1 atom stereocenters. The fraction of sp³-hybridized carbons (Fsp3) is 0.533. The Labute approximate surface area is 115 Å². The Bertz CT molecular complexity index is 440. The van der Waals surface area contributed by atoms with E-state index in [1.807, 2.05) is 0 Å². The molecule has 1 aromatic rings. The highest BCUT2D eigenvalue weighted by Crippen LogP contribution is 2.30. The average molecular weight is 262 g/mol. The molecule has 1 aromatic carbocycles. The maximum atomic E-state index is 9.61. The number of hydrogen-bond acceptors (Lipinski definition) is 4. The van der Waals surface area contributed by atoms with Gasteiger partial charge < -0.3 is 9.84 Å². The molecule has 0 fully saturated rings. The number of aromatic hydroxyl groups is 1. The molecule has 0 saturated carbocycles. The van der Waals surface area contributed by atoms with Crippen molar-refractivity contribution in [3.63, 3.8) is 0 Å². The first kappa shape index (κ1) is 15.3. The molecule has 0 amide bonds. The molecule has 104 valence electrons. The summed E-state index contributed by atoms with van der Waals surface area (Å²) in [4.78, 5) is 2.13. The summed E-state index contributed by atoms with van der Waals surface area (Å²) in [5, 5.41) is 19.0. The molecule has 1 rings (SSSR count). The number of rotatable bonds is 7. The van der Waals surface area contributed by atoms with E-state index in [4.69, 9.17) is 4.74 Å². The van der Waals surface area contributed by atoms with Gasteiger partial charge in [0.05, 0.1) is 13.2 Å². The van der Waals surface area contributed by atoms with Gasteiger partial charge in [-0.25, -0.2) is 0 Å². The molecule has 0 aromatic heterocycles. The fourth-order valence-corrected chi connectivity index (χ4v) is 2.06. The third kappa shape index (κ3) is 3.87. The lowest BCUT2D eigenvalue weighted by molar-refractivity contribution is 0.244. The van der Waals surface area contributed by atoms with Gasteiger partial charge in [-0.1, -0.05) is 26.3 Å². The second-order valence-corrected chi connectivity index (χ2v) is 4.45. The molecule has 0 radical (unpaired) electrons. The number of nitriles is 1. The van der Waals surface area contributed by atoms with E-state index >= 15 is 0 Å². The largest absolute Gasteiger partial charge is 0.504 e. The molecule has 19 heavy (non-hydrogen) atoms. The number of nitrogens with zero attached hydrogens (tertiary/aromatic N) is 2. The first-order valence-corrected chi connectivity index (χ1v) is 6.68. The monoisotopic (exact) mass is 262 g/mol. The molecule has 1 N–H and O–H groups in total. The Morgan fingerprint density at radius 3 is 2.68 bits per heavy atom. The van der Waals surface area contributed by atoms with Crippen molar-refractivity contribution in [2.45, 2.75) is 32.7 Å². The number of phenols is 1. The Kier molecular flexibility index (Phi) is 6.17. The van der Waals surface area contributed by atoms with E-state index in [0.717, 1.165) is 31.5 Å². The van der Waals surface area contributed by atoms with Crippen LogP contribution in [-0.2, 0) is 0 Å². The summed E-state index contributed by atoms with van der Waals surface area (Å²) in [6, 6.07) is 7.13. The van der Waals surface area contributed by atoms with Crippen LogP contribution < -0.4 is 4.74 Å². The molecule has 0 bridgehead atoms. The summed E-state index contributed by atoms with van der Waals surface area (Å²) >= 11 is 0. The number of benzene rings is 1. The smallest absolute Gasteiger partial charge is 0.160 e. The predicted octanol–water partition coefficient (Wildman–Crippen LogP) is 3.09. The van der Waals surface area contributed by atoms with E-state index < -0.39 is 0 Å². The van der Waals surface area contributed by atoms with E-state index in [2.05, 4.69) is 24.8 Å². The SMILES string of the molecule is CCCCN(CC)C(C#N)c1ccc(O)c(OC)c1. The fourth-order valence-electron chi connectivity index (χ4n) is 2.06. The average Bonchev–Trinajstić information content (AvgIpc) is 2.44. The Hall–Kier alpha value is -1.73. The van der Waals surface area contributed by atoms with Crippen LogP contribution >= 0.6 is 0 Å². The van der Waals surface area contributed by atoms with E-state index in [9.17, 15) is 10.4 Å². The van der Waals surface area contributed by atoms with Crippen LogP contribution in [0.3, 0.4) is 0 Å². The van der Waals surface area contributed by atoms with Gasteiger partial charge in [0.1, 0.15) is 6.04 Å². The lowest BCUT2D eigenvalue weighted by atomic mass is 10.1. The summed E-state index contributed by atoms with van der Waals surface area (Å²) < 4.78 is 5.10. The van der Waals surface area contributed by atoms with Crippen LogP contribution in [0.4, 0.5) is 0 Å². The van der Waals surface area contributed by atoms with Gasteiger partial charge in [0.15, 0.2) is 11.5 Å². The molecule has 4 nitrogen and oxygen atoms in total. The maximum absolute atomic E-state index is 9.61. The molecule has 0 saturated heterocycles. The van der Waals surface area contributed by atoms with Gasteiger partial charge in [-0.2, -0.15) is 5.26 Å². The second kappa shape index (κ2) is 7.65. The minimum Gasteiger partial charge on any atom is -0.504 e. The number of unbranched alkanes of at least 4 members (excludes halogenated alkanes) is 1. The van der Waals surface area contributed by atoms with Gasteiger partial charge in [0.25, 0.3) is 0 Å². The Balaban J connectivity index is 2.98. The zero-order chi connectivity index (χ0) is 14.3. The predicted molar refractivity (Wildman–Crippen MR) is 75.2 cm³/mol. The molecule has 0 aliphatic heterocycles. The minimum atomic E-state index is -0.300. The summed E-state index contributed by atoms with van der Waals surface area (Å²) in [6.45, 7) is 5.91. The van der Waals surface area contributed by atoms with Crippen LogP contribution in [0.2, 0.25) is 0 Å². The van der Waals surface area contributed by atoms with E-state index in [-0.39, 0.29) is 11.8 Å². The molecule has 4 heteroatoms. The van der Waals surface area contributed by atoms with Crippen molar-refractivity contribution in [1.29, 1.82) is 5.26 Å². The topological polar surface area (TPSA) is 56.5 Å². The third-order valence-electron chi connectivity index (χ3n) is 3.21. The van der Waals surface area contributed by atoms with Gasteiger partial charge in [-0.3, -0.25) is 4.90 Å². The third-order valence-corrected chi connectivity index (χ3v) is 3.21. The van der Waals surface area contributed by atoms with Crippen LogP contribution in [0.5, 0.6) is 11.5 Å². The molecular weight excluding hydrogens is 240 g/mol. The zero-order valence-electron chi connectivity index (χ0n) is 11.9. The van der Waals surface area contributed by atoms with Gasteiger partial charge in [-0.15, -0.1) is 0 Å². The van der Waals surface area contributed by atoms with Crippen LogP contribution in [0.15, 0.2) is 18.2 Å². The minimum absolute atomic E-state index is 0.0968. The maximum Gasteiger partial charge on any atom is 0.160 e. The van der Waals surface area contributed by atoms with Crippen LogP contribution in [0.25, 0.3) is 0 Å². The standard InChI is InChI=1S/C15H22N2O2/c1-4-6-9-17(5-2)13(11-16)12-7-8-14(18)15(10-12)19-3/h7-8,10,13,18H,4-6,9H2,1-3H3.